The van der Waals surface area contributed by atoms with Crippen molar-refractivity contribution in [2.24, 2.45) is 0 Å². The van der Waals surface area contributed by atoms with E-state index in [0.29, 0.717) is 18.5 Å². The number of hydrogen-bond acceptors (Lipinski definition) is 3. The van der Waals surface area contributed by atoms with Gasteiger partial charge in [-0.3, -0.25) is 4.79 Å². The van der Waals surface area contributed by atoms with E-state index in [9.17, 15) is 13.2 Å². The van der Waals surface area contributed by atoms with E-state index in [1.165, 1.54) is 6.26 Å². The maximum absolute atomic E-state index is 11.5. The van der Waals surface area contributed by atoms with Crippen LogP contribution in [0.4, 0.5) is 0 Å². The van der Waals surface area contributed by atoms with Gasteiger partial charge in [0.1, 0.15) is 9.84 Å². The molecule has 84 valence electrons. The van der Waals surface area contributed by atoms with Gasteiger partial charge in [-0.05, 0) is 19.4 Å². The molecule has 0 saturated heterocycles. The minimum absolute atomic E-state index is 0.0500. The van der Waals surface area contributed by atoms with E-state index in [-0.39, 0.29) is 11.3 Å². The monoisotopic (exact) mass is 229 g/mol. The van der Waals surface area contributed by atoms with E-state index in [2.05, 4.69) is 0 Å². The van der Waals surface area contributed by atoms with Crippen LogP contribution in [0, 0.1) is 6.92 Å². The first kappa shape index (κ1) is 12.0. The average Bonchev–Trinajstić information content (AvgIpc) is 2.10. The highest BCUT2D eigenvalue weighted by molar-refractivity contribution is 7.90. The highest BCUT2D eigenvalue weighted by Gasteiger charge is 2.03. The van der Waals surface area contributed by atoms with E-state index in [1.54, 1.807) is 29.8 Å². The summed E-state index contributed by atoms with van der Waals surface area (Å²) < 4.78 is 23.3. The zero-order valence-corrected chi connectivity index (χ0v) is 9.75. The zero-order chi connectivity index (χ0) is 11.5. The molecule has 0 saturated carbocycles. The van der Waals surface area contributed by atoms with Gasteiger partial charge in [-0.2, -0.15) is 0 Å². The van der Waals surface area contributed by atoms with Gasteiger partial charge in [0.2, 0.25) is 0 Å². The smallest absolute Gasteiger partial charge is 0.253 e. The van der Waals surface area contributed by atoms with Crippen molar-refractivity contribution in [3.05, 3.63) is 34.2 Å². The summed E-state index contributed by atoms with van der Waals surface area (Å²) in [4.78, 5) is 11.5. The van der Waals surface area contributed by atoms with Gasteiger partial charge in [0.25, 0.3) is 5.56 Å². The highest BCUT2D eigenvalue weighted by atomic mass is 32.2. The highest BCUT2D eigenvalue weighted by Crippen LogP contribution is 1.94. The Hall–Kier alpha value is -1.10. The fourth-order valence-corrected chi connectivity index (χ4v) is 1.98. The molecule has 0 spiro atoms. The standard InChI is InChI=1S/C10H15NO3S/c1-9-5-3-6-11(10(9)12)7-4-8-15(2,13)14/h3,5-6H,4,7-8H2,1-2H3. The van der Waals surface area contributed by atoms with Gasteiger partial charge in [-0.25, -0.2) is 8.42 Å². The van der Waals surface area contributed by atoms with Crippen LogP contribution in [0.1, 0.15) is 12.0 Å². The number of pyridine rings is 1. The molecule has 1 rings (SSSR count). The Bertz CT molecular complexity index is 488. The summed E-state index contributed by atoms with van der Waals surface area (Å²) in [5.41, 5.74) is 0.628. The van der Waals surface area contributed by atoms with E-state index in [1.807, 2.05) is 0 Å². The van der Waals surface area contributed by atoms with Crippen molar-refractivity contribution >= 4 is 9.84 Å². The topological polar surface area (TPSA) is 56.1 Å². The number of sulfone groups is 1. The predicted octanol–water partition coefficient (Wildman–Crippen LogP) is 0.591. The molecule has 0 N–H and O–H groups in total. The molecule has 1 heterocycles. The summed E-state index contributed by atoms with van der Waals surface area (Å²) in [6.45, 7) is 2.20. The summed E-state index contributed by atoms with van der Waals surface area (Å²) in [7, 11) is -2.93. The largest absolute Gasteiger partial charge is 0.315 e. The Morgan fingerprint density at radius 1 is 1.40 bits per heavy atom. The van der Waals surface area contributed by atoms with E-state index < -0.39 is 9.84 Å². The molecule has 0 aliphatic heterocycles. The van der Waals surface area contributed by atoms with E-state index >= 15 is 0 Å². The number of aromatic nitrogens is 1. The lowest BCUT2D eigenvalue weighted by molar-refractivity contribution is 0.589. The third-order valence-corrected chi connectivity index (χ3v) is 3.15. The second kappa shape index (κ2) is 4.61. The van der Waals surface area contributed by atoms with Gasteiger partial charge < -0.3 is 4.57 Å². The summed E-state index contributed by atoms with van der Waals surface area (Å²) in [5.74, 6) is 0.118. The summed E-state index contributed by atoms with van der Waals surface area (Å²) in [6.07, 6.45) is 3.35. The molecule has 0 bridgehead atoms. The second-order valence-electron chi connectivity index (χ2n) is 3.67. The summed E-state index contributed by atoms with van der Waals surface area (Å²) in [5, 5.41) is 0. The van der Waals surface area contributed by atoms with Crippen molar-refractivity contribution < 1.29 is 8.42 Å². The minimum atomic E-state index is -2.93. The van der Waals surface area contributed by atoms with Crippen molar-refractivity contribution in [1.29, 1.82) is 0 Å². The zero-order valence-electron chi connectivity index (χ0n) is 8.93. The van der Waals surface area contributed by atoms with Crippen LogP contribution in [-0.4, -0.2) is 25.0 Å². The Kier molecular flexibility index (Phi) is 3.68. The molecule has 0 aromatic carbocycles. The molecular weight excluding hydrogens is 214 g/mol. The van der Waals surface area contributed by atoms with Crippen molar-refractivity contribution in [2.45, 2.75) is 19.9 Å². The Morgan fingerprint density at radius 2 is 2.07 bits per heavy atom. The Labute approximate surface area is 89.5 Å². The molecule has 5 heteroatoms. The fourth-order valence-electron chi connectivity index (χ4n) is 1.33. The predicted molar refractivity (Wildman–Crippen MR) is 59.8 cm³/mol. The van der Waals surface area contributed by atoms with Gasteiger partial charge in [0.15, 0.2) is 0 Å². The number of aryl methyl sites for hydroxylation is 2. The maximum atomic E-state index is 11.5. The Morgan fingerprint density at radius 3 is 2.67 bits per heavy atom. The van der Waals surface area contributed by atoms with Gasteiger partial charge in [-0.15, -0.1) is 0 Å². The van der Waals surface area contributed by atoms with Crippen LogP contribution in [0.25, 0.3) is 0 Å². The molecule has 0 fully saturated rings. The molecule has 0 radical (unpaired) electrons. The molecule has 4 nitrogen and oxygen atoms in total. The molecule has 0 aliphatic carbocycles. The number of rotatable bonds is 4. The van der Waals surface area contributed by atoms with Crippen LogP contribution in [-0.2, 0) is 16.4 Å². The molecule has 15 heavy (non-hydrogen) atoms. The third-order valence-electron chi connectivity index (χ3n) is 2.12. The quantitative estimate of drug-likeness (QED) is 0.759. The SMILES string of the molecule is Cc1cccn(CCCS(C)(=O)=O)c1=O. The first-order valence-electron chi connectivity index (χ1n) is 4.74. The van der Waals surface area contributed by atoms with Gasteiger partial charge in [0, 0.05) is 24.6 Å². The first-order valence-corrected chi connectivity index (χ1v) is 6.80. The first-order chi connectivity index (χ1) is 6.90. The second-order valence-corrected chi connectivity index (χ2v) is 5.93. The van der Waals surface area contributed by atoms with Crippen molar-refractivity contribution in [2.75, 3.05) is 12.0 Å². The number of nitrogens with zero attached hydrogens (tertiary/aromatic N) is 1. The lowest BCUT2D eigenvalue weighted by Gasteiger charge is -2.05. The van der Waals surface area contributed by atoms with Crippen LogP contribution in [0.2, 0.25) is 0 Å². The van der Waals surface area contributed by atoms with Crippen LogP contribution in [0.15, 0.2) is 23.1 Å². The van der Waals surface area contributed by atoms with Crippen LogP contribution in [0.5, 0.6) is 0 Å². The summed E-state index contributed by atoms with van der Waals surface area (Å²) >= 11 is 0. The van der Waals surface area contributed by atoms with Gasteiger partial charge >= 0.3 is 0 Å². The van der Waals surface area contributed by atoms with E-state index in [0.717, 1.165) is 0 Å². The molecular formula is C10H15NO3S. The minimum Gasteiger partial charge on any atom is -0.315 e. The van der Waals surface area contributed by atoms with Gasteiger partial charge in [-0.1, -0.05) is 6.07 Å². The van der Waals surface area contributed by atoms with Gasteiger partial charge in [0.05, 0.1) is 5.75 Å². The average molecular weight is 229 g/mol. The van der Waals surface area contributed by atoms with E-state index in [4.69, 9.17) is 0 Å². The fraction of sp³-hybridized carbons (Fsp3) is 0.500. The molecule has 0 amide bonds. The normalized spacial score (nSPS) is 11.6. The molecule has 0 aliphatic rings. The maximum Gasteiger partial charge on any atom is 0.253 e. The lowest BCUT2D eigenvalue weighted by atomic mass is 10.3. The van der Waals surface area contributed by atoms with Crippen LogP contribution < -0.4 is 5.56 Å². The van der Waals surface area contributed by atoms with Crippen molar-refractivity contribution in [1.82, 2.24) is 4.57 Å². The van der Waals surface area contributed by atoms with Crippen LogP contribution in [0.3, 0.4) is 0 Å². The third kappa shape index (κ3) is 3.87. The lowest BCUT2D eigenvalue weighted by Crippen LogP contribution is -2.22. The van der Waals surface area contributed by atoms with Crippen LogP contribution >= 0.6 is 0 Å². The molecule has 1 aromatic heterocycles. The number of hydrogen-bond donors (Lipinski definition) is 0. The molecule has 0 atom stereocenters. The molecule has 0 unspecified atom stereocenters. The summed E-state index contributed by atoms with van der Waals surface area (Å²) in [6, 6.07) is 3.53. The molecule has 1 aromatic rings. The van der Waals surface area contributed by atoms with Crippen molar-refractivity contribution in [3.63, 3.8) is 0 Å². The van der Waals surface area contributed by atoms with Crippen molar-refractivity contribution in [3.8, 4) is 0 Å². The Balaban J connectivity index is 2.67.